The number of ketones is 1. The molecule has 1 aliphatic rings. The number of hydrogen-bond donors (Lipinski definition) is 2. The minimum Gasteiger partial charge on any atom is -0.508 e. The smallest absolute Gasteiger partial charge is 0.295 e. The van der Waals surface area contributed by atoms with Gasteiger partial charge in [0.25, 0.3) is 11.7 Å². The molecule has 1 heterocycles. The molecule has 0 spiro atoms. The van der Waals surface area contributed by atoms with Gasteiger partial charge in [0.2, 0.25) is 0 Å². The zero-order valence-electron chi connectivity index (χ0n) is 21.5. The van der Waals surface area contributed by atoms with Gasteiger partial charge in [-0.15, -0.1) is 0 Å². The van der Waals surface area contributed by atoms with Gasteiger partial charge in [0, 0.05) is 11.1 Å². The number of likely N-dealkylation sites (tertiary alicyclic amines) is 1. The second-order valence-electron chi connectivity index (χ2n) is 10.4. The Balaban J connectivity index is 1.64. The third-order valence-corrected chi connectivity index (χ3v) is 6.50. The van der Waals surface area contributed by atoms with Crippen LogP contribution >= 0.6 is 0 Å². The molecule has 1 saturated heterocycles. The van der Waals surface area contributed by atoms with Gasteiger partial charge in [-0.25, -0.2) is 0 Å². The number of carbonyl (C=O) groups is 2. The SMILES string of the molecule is CC(C)(C)Oc1ccccc1CN1C(=O)C(=O)/C(=C(\O)c2ccc3ccccc3c2)C1c1ccc(O)cc1. The summed E-state index contributed by atoms with van der Waals surface area (Å²) >= 11 is 0. The molecule has 1 amide bonds. The number of nitrogens with zero attached hydrogens (tertiary/aromatic N) is 1. The van der Waals surface area contributed by atoms with E-state index in [0.29, 0.717) is 16.9 Å². The zero-order chi connectivity index (χ0) is 27.0. The summed E-state index contributed by atoms with van der Waals surface area (Å²) in [5, 5.41) is 23.2. The molecule has 1 aliphatic heterocycles. The van der Waals surface area contributed by atoms with Crippen LogP contribution in [0.25, 0.3) is 16.5 Å². The molecule has 4 aromatic carbocycles. The molecule has 192 valence electrons. The Bertz CT molecular complexity index is 1560. The number of ether oxygens (including phenoxy) is 1. The van der Waals surface area contributed by atoms with E-state index in [1.54, 1.807) is 24.3 Å². The number of benzene rings is 4. The number of phenolic OH excluding ortho intramolecular Hbond substituents is 1. The van der Waals surface area contributed by atoms with Gasteiger partial charge in [0.1, 0.15) is 22.9 Å². The molecule has 4 aromatic rings. The largest absolute Gasteiger partial charge is 0.508 e. The van der Waals surface area contributed by atoms with Crippen molar-refractivity contribution in [3.8, 4) is 11.5 Å². The van der Waals surface area contributed by atoms with Gasteiger partial charge in [-0.3, -0.25) is 9.59 Å². The van der Waals surface area contributed by atoms with Crippen LogP contribution in [0.1, 0.15) is 43.5 Å². The summed E-state index contributed by atoms with van der Waals surface area (Å²) in [4.78, 5) is 28.4. The summed E-state index contributed by atoms with van der Waals surface area (Å²) in [5.41, 5.74) is 1.32. The first-order chi connectivity index (χ1) is 18.1. The lowest BCUT2D eigenvalue weighted by atomic mass is 9.94. The molecule has 0 bridgehead atoms. The average Bonchev–Trinajstić information content (AvgIpc) is 3.13. The number of para-hydroxylation sites is 1. The molecule has 0 radical (unpaired) electrons. The Labute approximate surface area is 221 Å². The van der Waals surface area contributed by atoms with E-state index in [1.807, 2.05) is 75.4 Å². The molecule has 2 N–H and O–H groups in total. The van der Waals surface area contributed by atoms with Crippen LogP contribution in [0.4, 0.5) is 0 Å². The van der Waals surface area contributed by atoms with Gasteiger partial charge in [-0.2, -0.15) is 0 Å². The molecule has 0 saturated carbocycles. The second-order valence-corrected chi connectivity index (χ2v) is 10.4. The highest BCUT2D eigenvalue weighted by molar-refractivity contribution is 6.46. The molecule has 1 atom stereocenters. The normalized spacial score (nSPS) is 17.2. The highest BCUT2D eigenvalue weighted by Gasteiger charge is 2.46. The zero-order valence-corrected chi connectivity index (χ0v) is 21.5. The van der Waals surface area contributed by atoms with Crippen molar-refractivity contribution in [2.24, 2.45) is 0 Å². The molecular formula is C32H29NO5. The van der Waals surface area contributed by atoms with Crippen molar-refractivity contribution in [3.05, 3.63) is 113 Å². The third kappa shape index (κ3) is 4.85. The van der Waals surface area contributed by atoms with Crippen molar-refractivity contribution in [1.29, 1.82) is 0 Å². The number of aliphatic hydroxyl groups is 1. The summed E-state index contributed by atoms with van der Waals surface area (Å²) in [6, 6.07) is 26.0. The fraction of sp³-hybridized carbons (Fsp3) is 0.188. The number of phenols is 1. The molecule has 0 aliphatic carbocycles. The van der Waals surface area contributed by atoms with Gasteiger partial charge in [0.15, 0.2) is 0 Å². The lowest BCUT2D eigenvalue weighted by Gasteiger charge is -2.28. The topological polar surface area (TPSA) is 87.1 Å². The van der Waals surface area contributed by atoms with Crippen molar-refractivity contribution >= 4 is 28.2 Å². The van der Waals surface area contributed by atoms with Gasteiger partial charge in [-0.05, 0) is 61.4 Å². The van der Waals surface area contributed by atoms with E-state index in [2.05, 4.69) is 0 Å². The monoisotopic (exact) mass is 507 g/mol. The number of hydrogen-bond acceptors (Lipinski definition) is 5. The predicted octanol–water partition coefficient (Wildman–Crippen LogP) is 6.34. The van der Waals surface area contributed by atoms with Crippen LogP contribution in [0.5, 0.6) is 11.5 Å². The first-order valence-electron chi connectivity index (χ1n) is 12.5. The van der Waals surface area contributed by atoms with Crippen LogP contribution in [0.15, 0.2) is 96.6 Å². The molecule has 1 fully saturated rings. The Hall–Kier alpha value is -4.58. The van der Waals surface area contributed by atoms with Gasteiger partial charge < -0.3 is 19.8 Å². The van der Waals surface area contributed by atoms with Gasteiger partial charge in [0.05, 0.1) is 18.2 Å². The van der Waals surface area contributed by atoms with Crippen molar-refractivity contribution < 1.29 is 24.5 Å². The molecule has 38 heavy (non-hydrogen) atoms. The predicted molar refractivity (Wildman–Crippen MR) is 147 cm³/mol. The number of carbonyl (C=O) groups excluding carboxylic acids is 2. The van der Waals surface area contributed by atoms with E-state index in [1.165, 1.54) is 17.0 Å². The number of aromatic hydroxyl groups is 1. The maximum Gasteiger partial charge on any atom is 0.295 e. The summed E-state index contributed by atoms with van der Waals surface area (Å²) in [6.07, 6.45) is 0. The number of fused-ring (bicyclic) bond motifs is 1. The third-order valence-electron chi connectivity index (χ3n) is 6.50. The number of Topliss-reactive ketones (excluding diaryl/α,β-unsaturated/α-hetero) is 1. The van der Waals surface area contributed by atoms with E-state index in [0.717, 1.165) is 16.3 Å². The molecule has 0 aromatic heterocycles. The van der Waals surface area contributed by atoms with Crippen LogP contribution in [0, 0.1) is 0 Å². The fourth-order valence-corrected chi connectivity index (χ4v) is 4.79. The lowest BCUT2D eigenvalue weighted by molar-refractivity contribution is -0.140. The molecule has 6 heteroatoms. The van der Waals surface area contributed by atoms with E-state index in [-0.39, 0.29) is 23.6 Å². The minimum atomic E-state index is -0.857. The van der Waals surface area contributed by atoms with Gasteiger partial charge >= 0.3 is 0 Å². The van der Waals surface area contributed by atoms with E-state index in [9.17, 15) is 19.8 Å². The Morgan fingerprint density at radius 1 is 0.868 bits per heavy atom. The summed E-state index contributed by atoms with van der Waals surface area (Å²) in [5.74, 6) is -1.04. The van der Waals surface area contributed by atoms with Crippen LogP contribution in [0.2, 0.25) is 0 Å². The highest BCUT2D eigenvalue weighted by atomic mass is 16.5. The Morgan fingerprint density at radius 3 is 2.24 bits per heavy atom. The number of rotatable bonds is 5. The van der Waals surface area contributed by atoms with E-state index < -0.39 is 23.3 Å². The summed E-state index contributed by atoms with van der Waals surface area (Å²) in [6.45, 7) is 5.92. The standard InChI is InChI=1S/C32H29NO5/c1-32(2,3)38-26-11-7-6-10-24(26)19-33-28(21-14-16-25(34)17-15-21)27(30(36)31(33)37)29(35)23-13-12-20-8-4-5-9-22(20)18-23/h4-18,28,34-35H,19H2,1-3H3/b29-27-. The van der Waals surface area contributed by atoms with Crippen molar-refractivity contribution in [3.63, 3.8) is 0 Å². The lowest BCUT2D eigenvalue weighted by Crippen LogP contribution is -2.30. The van der Waals surface area contributed by atoms with Crippen molar-refractivity contribution in [2.75, 3.05) is 0 Å². The van der Waals surface area contributed by atoms with Crippen LogP contribution in [-0.4, -0.2) is 32.4 Å². The van der Waals surface area contributed by atoms with E-state index >= 15 is 0 Å². The first kappa shape index (κ1) is 25.1. The molecule has 1 unspecified atom stereocenters. The summed E-state index contributed by atoms with van der Waals surface area (Å²) in [7, 11) is 0. The van der Waals surface area contributed by atoms with Crippen LogP contribution in [0.3, 0.4) is 0 Å². The highest BCUT2D eigenvalue weighted by Crippen LogP contribution is 2.41. The molecular weight excluding hydrogens is 478 g/mol. The number of aliphatic hydroxyl groups excluding tert-OH is 1. The Morgan fingerprint density at radius 2 is 1.53 bits per heavy atom. The number of amides is 1. The quantitative estimate of drug-likeness (QED) is 0.187. The van der Waals surface area contributed by atoms with Crippen molar-refractivity contribution in [2.45, 2.75) is 39.0 Å². The van der Waals surface area contributed by atoms with Crippen LogP contribution < -0.4 is 4.74 Å². The maximum atomic E-state index is 13.5. The van der Waals surface area contributed by atoms with Crippen LogP contribution in [-0.2, 0) is 16.1 Å². The molecule has 5 rings (SSSR count). The maximum absolute atomic E-state index is 13.5. The van der Waals surface area contributed by atoms with Gasteiger partial charge in [-0.1, -0.05) is 66.7 Å². The van der Waals surface area contributed by atoms with Crippen molar-refractivity contribution in [1.82, 2.24) is 4.90 Å². The fourth-order valence-electron chi connectivity index (χ4n) is 4.79. The first-order valence-corrected chi connectivity index (χ1v) is 12.5. The second kappa shape index (κ2) is 9.71. The minimum absolute atomic E-state index is 0.00481. The molecule has 6 nitrogen and oxygen atoms in total. The average molecular weight is 508 g/mol. The van der Waals surface area contributed by atoms with E-state index in [4.69, 9.17) is 4.74 Å². The summed E-state index contributed by atoms with van der Waals surface area (Å²) < 4.78 is 6.13. The Kier molecular flexibility index (Phi) is 6.41.